The summed E-state index contributed by atoms with van der Waals surface area (Å²) in [7, 11) is 3.13. The van der Waals surface area contributed by atoms with Crippen LogP contribution in [0.3, 0.4) is 0 Å². The van der Waals surface area contributed by atoms with Crippen LogP contribution in [0.4, 0.5) is 0 Å². The molecule has 0 bridgehead atoms. The second-order valence-corrected chi connectivity index (χ2v) is 8.78. The van der Waals surface area contributed by atoms with Gasteiger partial charge in [-0.05, 0) is 18.4 Å². The summed E-state index contributed by atoms with van der Waals surface area (Å²) in [4.78, 5) is 14.3. The molecule has 1 rings (SSSR count). The fraction of sp³-hybridized carbons (Fsp3) is 0.615. The molecule has 0 spiro atoms. The first kappa shape index (κ1) is 18.4. The first-order chi connectivity index (χ1) is 9.68. The van der Waals surface area contributed by atoms with Crippen LogP contribution in [-0.4, -0.2) is 46.0 Å². The van der Waals surface area contributed by atoms with Gasteiger partial charge in [0.2, 0.25) is 0 Å². The van der Waals surface area contributed by atoms with Crippen molar-refractivity contribution in [1.82, 2.24) is 4.90 Å². The molecule has 8 heteroatoms. The zero-order chi connectivity index (χ0) is 16.2. The van der Waals surface area contributed by atoms with E-state index >= 15 is 0 Å². The van der Waals surface area contributed by atoms with Gasteiger partial charge in [0.25, 0.3) is 15.0 Å². The standard InChI is InChI=1S/C13H20ClNO4S2/c1-9(2)7-15(5-6-19-4)12(16)11-8-20-13(10(11)3)21(14,17)18/h8-9H,5-7H2,1-4H3. The second kappa shape index (κ2) is 7.58. The maximum absolute atomic E-state index is 12.6. The van der Waals surface area contributed by atoms with Crippen molar-refractivity contribution in [3.8, 4) is 0 Å². The van der Waals surface area contributed by atoms with E-state index in [1.54, 1.807) is 24.3 Å². The minimum Gasteiger partial charge on any atom is -0.383 e. The fourth-order valence-electron chi connectivity index (χ4n) is 1.94. The van der Waals surface area contributed by atoms with Crippen molar-refractivity contribution in [3.05, 3.63) is 16.5 Å². The summed E-state index contributed by atoms with van der Waals surface area (Å²) in [6.07, 6.45) is 0. The van der Waals surface area contributed by atoms with E-state index < -0.39 is 9.05 Å². The Hall–Kier alpha value is -0.630. The molecule has 1 amide bonds. The molecule has 0 unspecified atom stereocenters. The van der Waals surface area contributed by atoms with Crippen LogP contribution in [0.15, 0.2) is 9.59 Å². The maximum atomic E-state index is 12.6. The van der Waals surface area contributed by atoms with Gasteiger partial charge < -0.3 is 9.64 Å². The molecule has 120 valence electrons. The predicted octanol–water partition coefficient (Wildman–Crippen LogP) is 2.73. The van der Waals surface area contributed by atoms with Gasteiger partial charge >= 0.3 is 0 Å². The van der Waals surface area contributed by atoms with E-state index in [1.807, 2.05) is 13.8 Å². The molecule has 0 aliphatic carbocycles. The third-order valence-corrected chi connectivity index (χ3v) is 6.19. The Morgan fingerprint density at radius 3 is 2.52 bits per heavy atom. The lowest BCUT2D eigenvalue weighted by Crippen LogP contribution is -2.36. The van der Waals surface area contributed by atoms with Crippen LogP contribution >= 0.6 is 22.0 Å². The van der Waals surface area contributed by atoms with Crippen molar-refractivity contribution in [2.45, 2.75) is 25.0 Å². The number of methoxy groups -OCH3 is 1. The second-order valence-electron chi connectivity index (χ2n) is 5.14. The highest BCUT2D eigenvalue weighted by molar-refractivity contribution is 8.15. The third-order valence-electron chi connectivity index (χ3n) is 2.88. The zero-order valence-electron chi connectivity index (χ0n) is 12.6. The van der Waals surface area contributed by atoms with Crippen LogP contribution in [0.1, 0.15) is 29.8 Å². The summed E-state index contributed by atoms with van der Waals surface area (Å²) in [5, 5.41) is 1.55. The van der Waals surface area contributed by atoms with Gasteiger partial charge in [-0.25, -0.2) is 8.42 Å². The van der Waals surface area contributed by atoms with E-state index in [0.717, 1.165) is 11.3 Å². The molecular weight excluding hydrogens is 334 g/mol. The van der Waals surface area contributed by atoms with Crippen molar-refractivity contribution >= 4 is 37.0 Å². The van der Waals surface area contributed by atoms with Crippen molar-refractivity contribution < 1.29 is 17.9 Å². The van der Waals surface area contributed by atoms with Crippen LogP contribution in [0.2, 0.25) is 0 Å². The lowest BCUT2D eigenvalue weighted by atomic mass is 10.1. The van der Waals surface area contributed by atoms with Gasteiger partial charge in [-0.1, -0.05) is 13.8 Å². The number of hydrogen-bond donors (Lipinski definition) is 0. The molecule has 0 radical (unpaired) electrons. The lowest BCUT2D eigenvalue weighted by molar-refractivity contribution is 0.0672. The minimum atomic E-state index is -3.82. The molecule has 0 fully saturated rings. The van der Waals surface area contributed by atoms with Crippen molar-refractivity contribution in [3.63, 3.8) is 0 Å². The van der Waals surface area contributed by atoms with E-state index in [2.05, 4.69) is 0 Å². The van der Waals surface area contributed by atoms with Gasteiger partial charge in [-0.3, -0.25) is 4.79 Å². The summed E-state index contributed by atoms with van der Waals surface area (Å²) >= 11 is 0.973. The summed E-state index contributed by atoms with van der Waals surface area (Å²) in [6.45, 7) is 7.11. The molecule has 0 N–H and O–H groups in total. The molecule has 0 atom stereocenters. The van der Waals surface area contributed by atoms with Crippen LogP contribution in [0.25, 0.3) is 0 Å². The van der Waals surface area contributed by atoms with Crippen LogP contribution < -0.4 is 0 Å². The zero-order valence-corrected chi connectivity index (χ0v) is 14.9. The van der Waals surface area contributed by atoms with Gasteiger partial charge in [0, 0.05) is 36.3 Å². The molecule has 0 aliphatic heterocycles. The number of carbonyl (C=O) groups excluding carboxylic acids is 1. The highest BCUT2D eigenvalue weighted by atomic mass is 35.7. The van der Waals surface area contributed by atoms with E-state index in [-0.39, 0.29) is 10.1 Å². The first-order valence-electron chi connectivity index (χ1n) is 6.49. The Morgan fingerprint density at radius 1 is 1.48 bits per heavy atom. The number of amides is 1. The number of thiophene rings is 1. The summed E-state index contributed by atoms with van der Waals surface area (Å²) in [6, 6.07) is 0. The molecule has 0 saturated heterocycles. The molecule has 0 aromatic carbocycles. The molecule has 21 heavy (non-hydrogen) atoms. The Labute approximate surface area is 134 Å². The SMILES string of the molecule is COCCN(CC(C)C)C(=O)c1csc(S(=O)(=O)Cl)c1C. The number of hydrogen-bond acceptors (Lipinski definition) is 5. The predicted molar refractivity (Wildman–Crippen MR) is 84.7 cm³/mol. The topological polar surface area (TPSA) is 63.7 Å². The van der Waals surface area contributed by atoms with Crippen molar-refractivity contribution in [2.75, 3.05) is 26.8 Å². The highest BCUT2D eigenvalue weighted by Crippen LogP contribution is 2.30. The monoisotopic (exact) mass is 353 g/mol. The van der Waals surface area contributed by atoms with E-state index in [9.17, 15) is 13.2 Å². The van der Waals surface area contributed by atoms with Gasteiger partial charge in [0.1, 0.15) is 4.21 Å². The third kappa shape index (κ3) is 4.95. The first-order valence-corrected chi connectivity index (χ1v) is 9.68. The number of nitrogens with zero attached hydrogens (tertiary/aromatic N) is 1. The van der Waals surface area contributed by atoms with Gasteiger partial charge in [0.05, 0.1) is 12.2 Å². The molecule has 0 aliphatic rings. The summed E-state index contributed by atoms with van der Waals surface area (Å²) in [5.41, 5.74) is 0.794. The maximum Gasteiger partial charge on any atom is 0.271 e. The highest BCUT2D eigenvalue weighted by Gasteiger charge is 2.25. The number of carbonyl (C=O) groups is 1. The van der Waals surface area contributed by atoms with Crippen LogP contribution in [0.5, 0.6) is 0 Å². The van der Waals surface area contributed by atoms with E-state index in [0.29, 0.717) is 36.7 Å². The lowest BCUT2D eigenvalue weighted by Gasteiger charge is -2.24. The average Bonchev–Trinajstić information content (AvgIpc) is 2.74. The largest absolute Gasteiger partial charge is 0.383 e. The quantitative estimate of drug-likeness (QED) is 0.707. The Bertz CT molecular complexity index is 595. The van der Waals surface area contributed by atoms with Crippen LogP contribution in [-0.2, 0) is 13.8 Å². The number of ether oxygens (including phenoxy) is 1. The van der Waals surface area contributed by atoms with E-state index in [4.69, 9.17) is 15.4 Å². The Balaban J connectivity index is 3.06. The fourth-order valence-corrected chi connectivity index (χ4v) is 4.48. The molecule has 0 saturated carbocycles. The van der Waals surface area contributed by atoms with E-state index in [1.165, 1.54) is 0 Å². The van der Waals surface area contributed by atoms with Crippen molar-refractivity contribution in [2.24, 2.45) is 5.92 Å². The average molecular weight is 354 g/mol. The van der Waals surface area contributed by atoms with Crippen LogP contribution in [0, 0.1) is 12.8 Å². The number of rotatable bonds is 7. The number of halogens is 1. The van der Waals surface area contributed by atoms with Crippen molar-refractivity contribution in [1.29, 1.82) is 0 Å². The summed E-state index contributed by atoms with van der Waals surface area (Å²) < 4.78 is 27.9. The molecule has 1 heterocycles. The Kier molecular flexibility index (Phi) is 6.65. The van der Waals surface area contributed by atoms with Gasteiger partial charge in [0.15, 0.2) is 0 Å². The normalized spacial score (nSPS) is 11.9. The molecule has 1 aromatic rings. The summed E-state index contributed by atoms with van der Waals surface area (Å²) in [5.74, 6) is 0.113. The van der Waals surface area contributed by atoms with Gasteiger partial charge in [-0.15, -0.1) is 11.3 Å². The Morgan fingerprint density at radius 2 is 2.10 bits per heavy atom. The molecular formula is C13H20ClNO4S2. The van der Waals surface area contributed by atoms with Gasteiger partial charge in [-0.2, -0.15) is 0 Å². The minimum absolute atomic E-state index is 0.0313. The smallest absolute Gasteiger partial charge is 0.271 e. The molecule has 5 nitrogen and oxygen atoms in total. The molecule has 1 aromatic heterocycles.